The molecule has 4 N–H and O–H groups in total. The van der Waals surface area contributed by atoms with Crippen LogP contribution in [0.15, 0.2) is 42.5 Å². The first-order valence-electron chi connectivity index (χ1n) is 7.54. The first-order valence-corrected chi connectivity index (χ1v) is 7.54. The molecule has 1 aliphatic carbocycles. The van der Waals surface area contributed by atoms with Gasteiger partial charge in [-0.1, -0.05) is 36.4 Å². The van der Waals surface area contributed by atoms with E-state index in [1.54, 1.807) is 0 Å². The highest BCUT2D eigenvalue weighted by Gasteiger charge is 2.24. The van der Waals surface area contributed by atoms with E-state index in [1.165, 1.54) is 11.1 Å². The van der Waals surface area contributed by atoms with Gasteiger partial charge < -0.3 is 16.2 Å². The lowest BCUT2D eigenvalue weighted by atomic mass is 10.0. The van der Waals surface area contributed by atoms with Gasteiger partial charge in [-0.25, -0.2) is 4.79 Å². The van der Waals surface area contributed by atoms with Crippen molar-refractivity contribution in [1.29, 1.82) is 0 Å². The summed E-state index contributed by atoms with van der Waals surface area (Å²) >= 11 is 0. The summed E-state index contributed by atoms with van der Waals surface area (Å²) in [5.41, 5.74) is 10.6. The van der Waals surface area contributed by atoms with Crippen LogP contribution in [0, 0.1) is 0 Å². The summed E-state index contributed by atoms with van der Waals surface area (Å²) in [4.78, 5) is 22.3. The lowest BCUT2D eigenvalue weighted by Crippen LogP contribution is -2.31. The average molecular weight is 310 g/mol. The van der Waals surface area contributed by atoms with Gasteiger partial charge >= 0.3 is 5.97 Å². The molecule has 2 aromatic rings. The largest absolute Gasteiger partial charge is 0.480 e. The highest BCUT2D eigenvalue weighted by Crippen LogP contribution is 2.40. The number of primary amides is 1. The van der Waals surface area contributed by atoms with Gasteiger partial charge in [0.1, 0.15) is 6.04 Å². The smallest absolute Gasteiger partial charge is 0.326 e. The number of rotatable bonds is 6. The van der Waals surface area contributed by atoms with Crippen LogP contribution in [-0.4, -0.2) is 23.0 Å². The molecule has 5 nitrogen and oxygen atoms in total. The Kier molecular flexibility index (Phi) is 4.02. The second kappa shape index (κ2) is 6.12. The van der Waals surface area contributed by atoms with Crippen molar-refractivity contribution in [3.63, 3.8) is 0 Å². The predicted molar refractivity (Wildman–Crippen MR) is 88.2 cm³/mol. The highest BCUT2D eigenvalue weighted by molar-refractivity contribution is 5.85. The summed E-state index contributed by atoms with van der Waals surface area (Å²) in [5.74, 6) is -1.48. The number of benzene rings is 2. The molecule has 3 rings (SSSR count). The first-order chi connectivity index (χ1) is 11.1. The van der Waals surface area contributed by atoms with Gasteiger partial charge in [-0.15, -0.1) is 0 Å². The number of anilines is 1. The molecule has 5 heteroatoms. The molecule has 0 saturated carbocycles. The maximum absolute atomic E-state index is 11.4. The lowest BCUT2D eigenvalue weighted by Gasteiger charge is -2.17. The molecule has 0 radical (unpaired) electrons. The summed E-state index contributed by atoms with van der Waals surface area (Å²) in [5, 5.41) is 12.4. The fourth-order valence-electron chi connectivity index (χ4n) is 3.02. The molecule has 0 unspecified atom stereocenters. The van der Waals surface area contributed by atoms with E-state index in [0.29, 0.717) is 0 Å². The van der Waals surface area contributed by atoms with Crippen LogP contribution < -0.4 is 11.1 Å². The molecule has 0 spiro atoms. The summed E-state index contributed by atoms with van der Waals surface area (Å²) in [7, 11) is 0. The third kappa shape index (κ3) is 3.04. The molecule has 0 aliphatic heterocycles. The van der Waals surface area contributed by atoms with E-state index in [0.717, 1.165) is 23.2 Å². The number of nitrogens with two attached hydrogens (primary N) is 1. The molecule has 1 aliphatic rings. The number of carbonyl (C=O) groups excluding carboxylic acids is 1. The Morgan fingerprint density at radius 3 is 2.61 bits per heavy atom. The number of hydrogen-bond donors (Lipinski definition) is 3. The normalized spacial score (nSPS) is 13.0. The van der Waals surface area contributed by atoms with Crippen LogP contribution in [0.1, 0.15) is 24.0 Å². The summed E-state index contributed by atoms with van der Waals surface area (Å²) < 4.78 is 0. The number of carbonyl (C=O) groups is 2. The topological polar surface area (TPSA) is 92.4 Å². The Hall–Kier alpha value is -2.82. The molecule has 0 heterocycles. The summed E-state index contributed by atoms with van der Waals surface area (Å²) in [6.45, 7) is 0. The number of amides is 1. The summed E-state index contributed by atoms with van der Waals surface area (Å²) in [6.07, 6.45) is 0.983. The Balaban J connectivity index is 1.87. The second-order valence-electron chi connectivity index (χ2n) is 5.71. The molecule has 0 bridgehead atoms. The second-order valence-corrected chi connectivity index (χ2v) is 5.71. The zero-order valence-corrected chi connectivity index (χ0v) is 12.6. The Bertz CT molecular complexity index is 771. The third-order valence-electron chi connectivity index (χ3n) is 4.16. The molecule has 23 heavy (non-hydrogen) atoms. The Morgan fingerprint density at radius 1 is 1.13 bits per heavy atom. The van der Waals surface area contributed by atoms with Crippen molar-refractivity contribution in [2.75, 3.05) is 5.32 Å². The van der Waals surface area contributed by atoms with Gasteiger partial charge in [-0.3, -0.25) is 4.79 Å². The zero-order valence-electron chi connectivity index (χ0n) is 12.6. The van der Waals surface area contributed by atoms with Crippen LogP contribution >= 0.6 is 0 Å². The van der Waals surface area contributed by atoms with Crippen molar-refractivity contribution in [1.82, 2.24) is 0 Å². The van der Waals surface area contributed by atoms with Gasteiger partial charge in [-0.05, 0) is 34.7 Å². The van der Waals surface area contributed by atoms with Gasteiger partial charge in [0.2, 0.25) is 5.91 Å². The lowest BCUT2D eigenvalue weighted by molar-refractivity contribution is -0.138. The molecular formula is C18H18N2O3. The van der Waals surface area contributed by atoms with Gasteiger partial charge in [0.05, 0.1) is 0 Å². The van der Waals surface area contributed by atoms with Crippen LogP contribution in [-0.2, 0) is 16.0 Å². The standard InChI is InChI=1S/C18H18N2O3/c19-17(21)9-8-16(18(22)23)20-15-7-3-6-13-12-5-2-1-4-11(12)10-14(13)15/h1-7,16,20H,8-10H2,(H2,19,21)(H,22,23)/t16-/m0/s1. The minimum absolute atomic E-state index is 0.0409. The van der Waals surface area contributed by atoms with E-state index in [-0.39, 0.29) is 12.8 Å². The number of aliphatic carboxylic acids is 1. The van der Waals surface area contributed by atoms with Crippen LogP contribution in [0.5, 0.6) is 0 Å². The van der Waals surface area contributed by atoms with Crippen molar-refractivity contribution in [3.05, 3.63) is 53.6 Å². The monoisotopic (exact) mass is 310 g/mol. The molecule has 2 aromatic carbocycles. The van der Waals surface area contributed by atoms with E-state index in [9.17, 15) is 14.7 Å². The molecule has 118 valence electrons. The minimum atomic E-state index is -0.987. The third-order valence-corrected chi connectivity index (χ3v) is 4.16. The van der Waals surface area contributed by atoms with Crippen molar-refractivity contribution in [2.45, 2.75) is 25.3 Å². The van der Waals surface area contributed by atoms with Gasteiger partial charge in [0, 0.05) is 18.5 Å². The highest BCUT2D eigenvalue weighted by atomic mass is 16.4. The zero-order chi connectivity index (χ0) is 16.4. The minimum Gasteiger partial charge on any atom is -0.480 e. The van der Waals surface area contributed by atoms with Crippen LogP contribution in [0.2, 0.25) is 0 Å². The molecule has 0 aromatic heterocycles. The maximum atomic E-state index is 11.4. The van der Waals surface area contributed by atoms with Crippen molar-refractivity contribution >= 4 is 17.6 Å². The average Bonchev–Trinajstić information content (AvgIpc) is 2.90. The number of carboxylic acid groups (broad SMARTS) is 1. The van der Waals surface area contributed by atoms with E-state index < -0.39 is 17.9 Å². The van der Waals surface area contributed by atoms with E-state index in [4.69, 9.17) is 5.73 Å². The van der Waals surface area contributed by atoms with Crippen molar-refractivity contribution in [3.8, 4) is 11.1 Å². The van der Waals surface area contributed by atoms with Crippen LogP contribution in [0.25, 0.3) is 11.1 Å². The van der Waals surface area contributed by atoms with Crippen LogP contribution in [0.3, 0.4) is 0 Å². The molecule has 0 saturated heterocycles. The molecular weight excluding hydrogens is 292 g/mol. The number of nitrogens with one attached hydrogen (secondary N) is 1. The van der Waals surface area contributed by atoms with Crippen molar-refractivity contribution < 1.29 is 14.7 Å². The van der Waals surface area contributed by atoms with Gasteiger partial charge in [0.25, 0.3) is 0 Å². The Labute approximate surface area is 134 Å². The predicted octanol–water partition coefficient (Wildman–Crippen LogP) is 2.39. The van der Waals surface area contributed by atoms with Gasteiger partial charge in [-0.2, -0.15) is 0 Å². The fraction of sp³-hybridized carbons (Fsp3) is 0.222. The number of hydrogen-bond acceptors (Lipinski definition) is 3. The van der Waals surface area contributed by atoms with Gasteiger partial charge in [0.15, 0.2) is 0 Å². The quantitative estimate of drug-likeness (QED) is 0.652. The Morgan fingerprint density at radius 2 is 1.87 bits per heavy atom. The van der Waals surface area contributed by atoms with E-state index in [2.05, 4.69) is 17.4 Å². The van der Waals surface area contributed by atoms with E-state index >= 15 is 0 Å². The molecule has 1 amide bonds. The maximum Gasteiger partial charge on any atom is 0.326 e. The summed E-state index contributed by atoms with van der Waals surface area (Å²) in [6, 6.07) is 13.2. The number of fused-ring (bicyclic) bond motifs is 3. The molecule has 0 fully saturated rings. The van der Waals surface area contributed by atoms with E-state index in [1.807, 2.05) is 30.3 Å². The van der Waals surface area contributed by atoms with Crippen molar-refractivity contribution in [2.24, 2.45) is 5.73 Å². The number of carboxylic acids is 1. The molecule has 1 atom stereocenters. The fourth-order valence-corrected chi connectivity index (χ4v) is 3.02. The SMILES string of the molecule is NC(=O)CC[C@H](Nc1cccc2c1Cc1ccccc1-2)C(=O)O. The van der Waals surface area contributed by atoms with Crippen LogP contribution in [0.4, 0.5) is 5.69 Å². The first kappa shape index (κ1) is 15.1.